The summed E-state index contributed by atoms with van der Waals surface area (Å²) in [5.74, 6) is 1.44. The fourth-order valence-electron chi connectivity index (χ4n) is 9.52. The van der Waals surface area contributed by atoms with Crippen LogP contribution in [0.15, 0.2) is 23.3 Å². The first kappa shape index (κ1) is 25.9. The quantitative estimate of drug-likeness (QED) is 0.438. The summed E-state index contributed by atoms with van der Waals surface area (Å²) >= 11 is 0. The highest BCUT2D eigenvalue weighted by atomic mass is 16.3. The van der Waals surface area contributed by atoms with Gasteiger partial charge in [-0.25, -0.2) is 0 Å². The fraction of sp³-hybridized carbons (Fsp3) is 0.806. The Morgan fingerprint density at radius 3 is 2.44 bits per heavy atom. The molecule has 8 unspecified atom stereocenters. The minimum Gasteiger partial charge on any atom is -0.393 e. The Morgan fingerprint density at radius 2 is 1.82 bits per heavy atom. The molecule has 3 nitrogen and oxygen atoms in total. The summed E-state index contributed by atoms with van der Waals surface area (Å²) in [4.78, 5) is 25.8. The van der Waals surface area contributed by atoms with Gasteiger partial charge in [0.15, 0.2) is 0 Å². The van der Waals surface area contributed by atoms with Crippen molar-refractivity contribution in [2.75, 3.05) is 0 Å². The number of fused-ring (bicyclic) bond motifs is 5. The van der Waals surface area contributed by atoms with E-state index in [1.165, 1.54) is 5.57 Å². The van der Waals surface area contributed by atoms with Crippen LogP contribution in [0, 0.1) is 45.3 Å². The van der Waals surface area contributed by atoms with Crippen LogP contribution in [0.2, 0.25) is 0 Å². The van der Waals surface area contributed by atoms with E-state index in [1.54, 1.807) is 12.5 Å². The molecule has 0 saturated heterocycles. The van der Waals surface area contributed by atoms with Gasteiger partial charge < -0.3 is 5.11 Å². The second kappa shape index (κ2) is 8.43. The third-order valence-corrected chi connectivity index (χ3v) is 11.6. The molecule has 3 heteroatoms. The van der Waals surface area contributed by atoms with Crippen molar-refractivity contribution in [3.63, 3.8) is 0 Å². The number of ketones is 2. The van der Waals surface area contributed by atoms with Crippen molar-refractivity contribution in [2.24, 2.45) is 45.3 Å². The lowest BCUT2D eigenvalue weighted by molar-refractivity contribution is -0.146. The van der Waals surface area contributed by atoms with Gasteiger partial charge in [-0.05, 0) is 93.8 Å². The maximum Gasteiger partial charge on any atom is 0.138 e. The number of carbonyl (C=O) groups is 2. The Morgan fingerprint density at radius 1 is 1.15 bits per heavy atom. The predicted molar refractivity (Wildman–Crippen MR) is 138 cm³/mol. The molecule has 0 spiro atoms. The molecule has 3 saturated carbocycles. The Bertz CT molecular complexity index is 921. The van der Waals surface area contributed by atoms with E-state index in [4.69, 9.17) is 0 Å². The highest BCUT2D eigenvalue weighted by molar-refractivity contribution is 5.85. The summed E-state index contributed by atoms with van der Waals surface area (Å²) in [7, 11) is 0. The number of aliphatic hydroxyl groups is 1. The Hall–Kier alpha value is -1.22. The number of carbonyl (C=O) groups excluding carboxylic acids is 2. The first-order valence-electron chi connectivity index (χ1n) is 13.8. The lowest BCUT2D eigenvalue weighted by atomic mass is 9.41. The summed E-state index contributed by atoms with van der Waals surface area (Å²) in [6.07, 6.45) is 11.6. The van der Waals surface area contributed by atoms with Crippen molar-refractivity contribution in [1.29, 1.82) is 0 Å². The molecule has 3 fully saturated rings. The molecular formula is C31H48O3. The molecule has 8 atom stereocenters. The number of allylic oxidation sites excluding steroid dienone is 4. The van der Waals surface area contributed by atoms with E-state index in [0.717, 1.165) is 44.9 Å². The van der Waals surface area contributed by atoms with Crippen molar-refractivity contribution in [3.05, 3.63) is 23.3 Å². The van der Waals surface area contributed by atoms with Crippen molar-refractivity contribution < 1.29 is 14.7 Å². The Balaban J connectivity index is 1.71. The molecule has 0 radical (unpaired) electrons. The molecule has 0 aliphatic heterocycles. The van der Waals surface area contributed by atoms with Crippen LogP contribution < -0.4 is 0 Å². The average molecular weight is 469 g/mol. The first-order chi connectivity index (χ1) is 15.7. The minimum atomic E-state index is -0.440. The lowest BCUT2D eigenvalue weighted by Crippen LogP contribution is -2.57. The van der Waals surface area contributed by atoms with Gasteiger partial charge in [0.1, 0.15) is 11.6 Å². The molecule has 0 heterocycles. The zero-order valence-electron chi connectivity index (χ0n) is 23.0. The normalized spacial score (nSPS) is 43.8. The van der Waals surface area contributed by atoms with Crippen LogP contribution in [0.3, 0.4) is 0 Å². The average Bonchev–Trinajstić information content (AvgIpc) is 2.94. The van der Waals surface area contributed by atoms with Gasteiger partial charge >= 0.3 is 0 Å². The van der Waals surface area contributed by atoms with Gasteiger partial charge in [0, 0.05) is 23.7 Å². The molecule has 190 valence electrons. The molecule has 0 aromatic rings. The van der Waals surface area contributed by atoms with Crippen molar-refractivity contribution in [3.8, 4) is 0 Å². The molecule has 4 rings (SSSR count). The van der Waals surface area contributed by atoms with Crippen molar-refractivity contribution in [2.45, 2.75) is 113 Å². The maximum atomic E-state index is 12.9. The van der Waals surface area contributed by atoms with Crippen molar-refractivity contribution in [1.82, 2.24) is 0 Å². The number of hydrogen-bond acceptors (Lipinski definition) is 3. The number of Topliss-reactive ketones (excluding diaryl/α,β-unsaturated/α-hetero) is 2. The molecule has 4 aliphatic rings. The van der Waals surface area contributed by atoms with Gasteiger partial charge in [-0.1, -0.05) is 57.9 Å². The molecule has 34 heavy (non-hydrogen) atoms. The number of aliphatic hydroxyl groups excluding tert-OH is 1. The van der Waals surface area contributed by atoms with E-state index in [2.05, 4.69) is 60.6 Å². The molecule has 4 aliphatic carbocycles. The molecular weight excluding hydrogens is 420 g/mol. The SMILES string of the molecule is CC(=O)C(CCC=C(C)C)C1C(O)CC2(C)C3=CCC4C(C)(C)C(=O)CCC4(C)C3CCC12C. The minimum absolute atomic E-state index is 0.0114. The van der Waals surface area contributed by atoms with Gasteiger partial charge in [-0.3, -0.25) is 9.59 Å². The van der Waals surface area contributed by atoms with Crippen LogP contribution in [0.4, 0.5) is 0 Å². The topological polar surface area (TPSA) is 54.4 Å². The van der Waals surface area contributed by atoms with Crippen LogP contribution in [-0.2, 0) is 9.59 Å². The highest BCUT2D eigenvalue weighted by Crippen LogP contribution is 2.73. The number of hydrogen-bond donors (Lipinski definition) is 1. The Kier molecular flexibility index (Phi) is 6.41. The van der Waals surface area contributed by atoms with Gasteiger partial charge in [0.05, 0.1) is 6.10 Å². The van der Waals surface area contributed by atoms with Gasteiger partial charge in [-0.15, -0.1) is 0 Å². The van der Waals surface area contributed by atoms with Crippen LogP contribution in [0.5, 0.6) is 0 Å². The van der Waals surface area contributed by atoms with Crippen LogP contribution >= 0.6 is 0 Å². The van der Waals surface area contributed by atoms with E-state index < -0.39 is 6.10 Å². The standard InChI is InChI=1S/C31H48O3/c1-19(2)10-9-11-21(20(3)32)27-24(33)18-31(8)23-12-13-25-28(4,5)26(34)15-16-29(25,6)22(23)14-17-30(27,31)7/h10,12,21-22,24-25,27,33H,9,11,13-18H2,1-8H3. The van der Waals surface area contributed by atoms with Gasteiger partial charge in [0.25, 0.3) is 0 Å². The number of rotatable bonds is 5. The zero-order valence-corrected chi connectivity index (χ0v) is 23.0. The van der Waals surface area contributed by atoms with E-state index in [0.29, 0.717) is 24.0 Å². The summed E-state index contributed by atoms with van der Waals surface area (Å²) in [5, 5.41) is 11.5. The van der Waals surface area contributed by atoms with Gasteiger partial charge in [0.2, 0.25) is 0 Å². The fourth-order valence-corrected chi connectivity index (χ4v) is 9.52. The van der Waals surface area contributed by atoms with Crippen LogP contribution in [-0.4, -0.2) is 22.8 Å². The Labute approximate surface area is 207 Å². The third kappa shape index (κ3) is 3.54. The smallest absolute Gasteiger partial charge is 0.138 e. The molecule has 0 bridgehead atoms. The largest absolute Gasteiger partial charge is 0.393 e. The lowest BCUT2D eigenvalue weighted by Gasteiger charge is -2.63. The van der Waals surface area contributed by atoms with E-state index in [1.807, 2.05) is 0 Å². The molecule has 1 N–H and O–H groups in total. The summed E-state index contributed by atoms with van der Waals surface area (Å²) < 4.78 is 0. The van der Waals surface area contributed by atoms with E-state index in [9.17, 15) is 14.7 Å². The van der Waals surface area contributed by atoms with Crippen LogP contribution in [0.25, 0.3) is 0 Å². The first-order valence-corrected chi connectivity index (χ1v) is 13.8. The maximum absolute atomic E-state index is 12.9. The molecule has 0 aromatic carbocycles. The van der Waals surface area contributed by atoms with Crippen molar-refractivity contribution >= 4 is 11.6 Å². The summed E-state index contributed by atoms with van der Waals surface area (Å²) in [6.45, 7) is 17.5. The van der Waals surface area contributed by atoms with Crippen LogP contribution in [0.1, 0.15) is 107 Å². The summed E-state index contributed by atoms with van der Waals surface area (Å²) in [6, 6.07) is 0. The highest BCUT2D eigenvalue weighted by Gasteiger charge is 2.68. The third-order valence-electron chi connectivity index (χ3n) is 11.6. The predicted octanol–water partition coefficient (Wildman–Crippen LogP) is 7.08. The second-order valence-electron chi connectivity index (χ2n) is 13.8. The van der Waals surface area contributed by atoms with E-state index in [-0.39, 0.29) is 39.3 Å². The molecule has 0 aromatic heterocycles. The zero-order chi connectivity index (χ0) is 25.3. The second-order valence-corrected chi connectivity index (χ2v) is 13.8. The van der Waals surface area contributed by atoms with Gasteiger partial charge in [-0.2, -0.15) is 0 Å². The molecule has 0 amide bonds. The summed E-state index contributed by atoms with van der Waals surface area (Å²) in [5.41, 5.74) is 2.52. The van der Waals surface area contributed by atoms with E-state index >= 15 is 0 Å². The monoisotopic (exact) mass is 468 g/mol.